The van der Waals surface area contributed by atoms with Crippen LogP contribution in [-0.4, -0.2) is 55.0 Å². The molecule has 1 aliphatic heterocycles. The van der Waals surface area contributed by atoms with Gasteiger partial charge in [0.1, 0.15) is 0 Å². The second-order valence-corrected chi connectivity index (χ2v) is 5.06. The van der Waals surface area contributed by atoms with Gasteiger partial charge in [-0.25, -0.2) is 0 Å². The third-order valence-electron chi connectivity index (χ3n) is 3.48. The molecule has 114 valence electrons. The van der Waals surface area contributed by atoms with E-state index in [9.17, 15) is 9.59 Å². The Morgan fingerprint density at radius 2 is 1.95 bits per heavy atom. The van der Waals surface area contributed by atoms with E-state index in [1.54, 1.807) is 13.2 Å². The van der Waals surface area contributed by atoms with Crippen molar-refractivity contribution < 1.29 is 14.3 Å². The van der Waals surface area contributed by atoms with Crippen LogP contribution in [0.15, 0.2) is 18.5 Å². The highest BCUT2D eigenvalue weighted by atomic mass is 16.5. The van der Waals surface area contributed by atoms with Crippen LogP contribution in [0.4, 0.5) is 0 Å². The van der Waals surface area contributed by atoms with Gasteiger partial charge in [-0.2, -0.15) is 0 Å². The van der Waals surface area contributed by atoms with Gasteiger partial charge < -0.3 is 15.0 Å². The predicted octanol–water partition coefficient (Wildman–Crippen LogP) is 1.08. The molecule has 2 rings (SSSR count). The molecule has 1 saturated heterocycles. The topological polar surface area (TPSA) is 71.5 Å². The Morgan fingerprint density at radius 3 is 2.67 bits per heavy atom. The normalized spacial score (nSPS) is 14.8. The minimum Gasteiger partial charge on any atom is -0.383 e. The molecule has 6 nitrogen and oxygen atoms in total. The quantitative estimate of drug-likeness (QED) is 0.824. The summed E-state index contributed by atoms with van der Waals surface area (Å²) in [5.41, 5.74) is 0.866. The van der Waals surface area contributed by atoms with E-state index < -0.39 is 0 Å². The zero-order valence-corrected chi connectivity index (χ0v) is 12.3. The van der Waals surface area contributed by atoms with Crippen LogP contribution in [0.2, 0.25) is 0 Å². The number of nitrogens with one attached hydrogen (secondary N) is 1. The number of rotatable bonds is 5. The molecule has 2 amide bonds. The van der Waals surface area contributed by atoms with Gasteiger partial charge in [0.05, 0.1) is 17.7 Å². The average Bonchev–Trinajstić information content (AvgIpc) is 2.55. The number of aromatic nitrogens is 1. The molecule has 0 spiro atoms. The molecule has 1 aliphatic rings. The summed E-state index contributed by atoms with van der Waals surface area (Å²) in [6, 6.07) is 1.60. The molecule has 0 radical (unpaired) electrons. The van der Waals surface area contributed by atoms with Crippen LogP contribution in [0.1, 0.15) is 40.0 Å². The van der Waals surface area contributed by atoms with E-state index in [0.29, 0.717) is 24.3 Å². The number of amides is 2. The van der Waals surface area contributed by atoms with Crippen LogP contribution >= 0.6 is 0 Å². The number of piperidine rings is 1. The monoisotopic (exact) mass is 291 g/mol. The summed E-state index contributed by atoms with van der Waals surface area (Å²) in [7, 11) is 1.58. The number of pyridine rings is 1. The number of ether oxygens (including phenoxy) is 1. The summed E-state index contributed by atoms with van der Waals surface area (Å²) in [5.74, 6) is -0.290. The molecule has 0 unspecified atom stereocenters. The van der Waals surface area contributed by atoms with E-state index in [1.165, 1.54) is 18.8 Å². The molecular weight excluding hydrogens is 270 g/mol. The largest absolute Gasteiger partial charge is 0.383 e. The van der Waals surface area contributed by atoms with Crippen molar-refractivity contribution in [1.29, 1.82) is 0 Å². The summed E-state index contributed by atoms with van der Waals surface area (Å²) >= 11 is 0. The van der Waals surface area contributed by atoms with Crippen LogP contribution in [0, 0.1) is 0 Å². The van der Waals surface area contributed by atoms with Gasteiger partial charge in [-0.15, -0.1) is 0 Å². The van der Waals surface area contributed by atoms with Crippen LogP contribution in [-0.2, 0) is 4.74 Å². The van der Waals surface area contributed by atoms with E-state index >= 15 is 0 Å². The zero-order chi connectivity index (χ0) is 15.1. The maximum Gasteiger partial charge on any atom is 0.255 e. The number of hydrogen-bond acceptors (Lipinski definition) is 4. The Kier molecular flexibility index (Phi) is 5.68. The second-order valence-electron chi connectivity index (χ2n) is 5.06. The first kappa shape index (κ1) is 15.4. The fourth-order valence-electron chi connectivity index (χ4n) is 2.33. The number of carbonyl (C=O) groups is 2. The highest BCUT2D eigenvalue weighted by Gasteiger charge is 2.19. The highest BCUT2D eigenvalue weighted by molar-refractivity contribution is 5.99. The molecule has 6 heteroatoms. The lowest BCUT2D eigenvalue weighted by Gasteiger charge is -2.26. The predicted molar refractivity (Wildman–Crippen MR) is 78.2 cm³/mol. The van der Waals surface area contributed by atoms with Crippen LogP contribution in [0.3, 0.4) is 0 Å². The van der Waals surface area contributed by atoms with E-state index in [1.807, 2.05) is 4.90 Å². The lowest BCUT2D eigenvalue weighted by molar-refractivity contribution is 0.0724. The summed E-state index contributed by atoms with van der Waals surface area (Å²) < 4.78 is 4.88. The number of nitrogens with zero attached hydrogens (tertiary/aromatic N) is 2. The van der Waals surface area contributed by atoms with Crippen molar-refractivity contribution in [3.8, 4) is 0 Å². The van der Waals surface area contributed by atoms with Crippen molar-refractivity contribution in [2.24, 2.45) is 0 Å². The van der Waals surface area contributed by atoms with Crippen LogP contribution < -0.4 is 5.32 Å². The van der Waals surface area contributed by atoms with Crippen molar-refractivity contribution in [3.63, 3.8) is 0 Å². The lowest BCUT2D eigenvalue weighted by atomic mass is 10.1. The molecule has 2 heterocycles. The van der Waals surface area contributed by atoms with Gasteiger partial charge in [0.25, 0.3) is 11.8 Å². The Bertz CT molecular complexity index is 499. The third kappa shape index (κ3) is 4.26. The Hall–Kier alpha value is -1.95. The Balaban J connectivity index is 2.02. The number of hydrogen-bond donors (Lipinski definition) is 1. The van der Waals surface area contributed by atoms with E-state index in [0.717, 1.165) is 25.9 Å². The first-order valence-electron chi connectivity index (χ1n) is 7.24. The number of likely N-dealkylation sites (tertiary alicyclic amines) is 1. The summed E-state index contributed by atoms with van der Waals surface area (Å²) in [6.45, 7) is 2.44. The van der Waals surface area contributed by atoms with Gasteiger partial charge in [0.2, 0.25) is 0 Å². The van der Waals surface area contributed by atoms with Gasteiger partial charge in [0.15, 0.2) is 0 Å². The molecule has 1 N–H and O–H groups in total. The summed E-state index contributed by atoms with van der Waals surface area (Å²) in [4.78, 5) is 30.1. The maximum absolute atomic E-state index is 12.4. The second kappa shape index (κ2) is 7.73. The SMILES string of the molecule is COCCNC(=O)c1cncc(C(=O)N2CCCCC2)c1. The summed E-state index contributed by atoms with van der Waals surface area (Å²) in [5, 5.41) is 2.72. The maximum atomic E-state index is 12.4. The minimum absolute atomic E-state index is 0.0475. The van der Waals surface area contributed by atoms with Gasteiger partial charge >= 0.3 is 0 Å². The van der Waals surface area contributed by atoms with Gasteiger partial charge in [-0.3, -0.25) is 14.6 Å². The molecule has 21 heavy (non-hydrogen) atoms. The first-order valence-corrected chi connectivity index (χ1v) is 7.24. The van der Waals surface area contributed by atoms with Gasteiger partial charge in [-0.1, -0.05) is 0 Å². The summed E-state index contributed by atoms with van der Waals surface area (Å²) in [6.07, 6.45) is 6.23. The zero-order valence-electron chi connectivity index (χ0n) is 12.3. The molecular formula is C15H21N3O3. The van der Waals surface area contributed by atoms with Crippen LogP contribution in [0.5, 0.6) is 0 Å². The molecule has 1 fully saturated rings. The molecule has 1 aromatic heterocycles. The molecule has 0 atom stereocenters. The lowest BCUT2D eigenvalue weighted by Crippen LogP contribution is -2.36. The van der Waals surface area contributed by atoms with Crippen molar-refractivity contribution in [1.82, 2.24) is 15.2 Å². The van der Waals surface area contributed by atoms with Gasteiger partial charge in [0, 0.05) is 39.1 Å². The fourth-order valence-corrected chi connectivity index (χ4v) is 2.33. The van der Waals surface area contributed by atoms with Gasteiger partial charge in [-0.05, 0) is 25.3 Å². The van der Waals surface area contributed by atoms with E-state index in [-0.39, 0.29) is 11.8 Å². The molecule has 0 saturated carbocycles. The van der Waals surface area contributed by atoms with Crippen molar-refractivity contribution in [3.05, 3.63) is 29.6 Å². The third-order valence-corrected chi connectivity index (χ3v) is 3.48. The fraction of sp³-hybridized carbons (Fsp3) is 0.533. The average molecular weight is 291 g/mol. The Labute approximate surface area is 124 Å². The van der Waals surface area contributed by atoms with Crippen LogP contribution in [0.25, 0.3) is 0 Å². The Morgan fingerprint density at radius 1 is 1.24 bits per heavy atom. The van der Waals surface area contributed by atoms with Crippen molar-refractivity contribution in [2.45, 2.75) is 19.3 Å². The minimum atomic E-state index is -0.243. The number of methoxy groups -OCH3 is 1. The highest BCUT2D eigenvalue weighted by Crippen LogP contribution is 2.13. The molecule has 1 aromatic rings. The standard InChI is InChI=1S/C15H21N3O3/c1-21-8-5-17-14(19)12-9-13(11-16-10-12)15(20)18-6-3-2-4-7-18/h9-11H,2-8H2,1H3,(H,17,19). The molecule has 0 bridgehead atoms. The molecule has 0 aliphatic carbocycles. The number of carbonyl (C=O) groups excluding carboxylic acids is 2. The molecule has 0 aromatic carbocycles. The first-order chi connectivity index (χ1) is 10.2. The van der Waals surface area contributed by atoms with Crippen molar-refractivity contribution in [2.75, 3.05) is 33.4 Å². The van der Waals surface area contributed by atoms with Crippen molar-refractivity contribution >= 4 is 11.8 Å². The van der Waals surface area contributed by atoms with E-state index in [4.69, 9.17) is 4.74 Å². The smallest absolute Gasteiger partial charge is 0.255 e. The van der Waals surface area contributed by atoms with E-state index in [2.05, 4.69) is 10.3 Å².